The third-order valence-electron chi connectivity index (χ3n) is 4.64. The first-order valence-electron chi connectivity index (χ1n) is 8.27. The minimum Gasteiger partial charge on any atom is -0.496 e. The Kier molecular flexibility index (Phi) is 4.42. The van der Waals surface area contributed by atoms with Gasteiger partial charge in [0.1, 0.15) is 11.7 Å². The molecule has 0 radical (unpaired) electrons. The molecule has 134 valence electrons. The predicted molar refractivity (Wildman–Crippen MR) is 104 cm³/mol. The summed E-state index contributed by atoms with van der Waals surface area (Å²) in [6.07, 6.45) is 0. The van der Waals surface area contributed by atoms with E-state index in [4.69, 9.17) is 14.9 Å². The van der Waals surface area contributed by atoms with Crippen LogP contribution in [-0.4, -0.2) is 23.2 Å². The van der Waals surface area contributed by atoms with Crippen molar-refractivity contribution < 1.29 is 9.47 Å². The Morgan fingerprint density at radius 2 is 2.04 bits per heavy atom. The Morgan fingerprint density at radius 1 is 1.26 bits per heavy atom. The maximum Gasteiger partial charge on any atom is 0.244 e. The zero-order valence-electron chi connectivity index (χ0n) is 14.4. The summed E-state index contributed by atoms with van der Waals surface area (Å²) in [4.78, 5) is 0. The van der Waals surface area contributed by atoms with Crippen molar-refractivity contribution in [1.29, 1.82) is 10.7 Å². The molecule has 0 saturated carbocycles. The molecule has 1 aliphatic rings. The van der Waals surface area contributed by atoms with Crippen LogP contribution >= 0.6 is 15.9 Å². The second kappa shape index (κ2) is 6.89. The highest BCUT2D eigenvalue weighted by Gasteiger charge is 2.40. The Hall–Kier alpha value is -3.11. The molecule has 2 heterocycles. The van der Waals surface area contributed by atoms with Gasteiger partial charge in [0.2, 0.25) is 11.8 Å². The lowest BCUT2D eigenvalue weighted by Crippen LogP contribution is -2.30. The number of nitriles is 1. The second-order valence-corrected chi connectivity index (χ2v) is 6.98. The number of methoxy groups -OCH3 is 1. The first kappa shape index (κ1) is 17.3. The number of H-pyrrole nitrogens is 1. The molecule has 27 heavy (non-hydrogen) atoms. The van der Waals surface area contributed by atoms with E-state index in [1.165, 1.54) is 0 Å². The molecule has 2 N–H and O–H groups in total. The van der Waals surface area contributed by atoms with E-state index in [-0.39, 0.29) is 11.8 Å². The molecule has 3 aromatic rings. The fraction of sp³-hybridized carbons (Fsp3) is 0.150. The van der Waals surface area contributed by atoms with E-state index >= 15 is 0 Å². The van der Waals surface area contributed by atoms with Gasteiger partial charge < -0.3 is 9.47 Å². The lowest BCUT2D eigenvalue weighted by molar-refractivity contribution is 0.411. The van der Waals surface area contributed by atoms with Crippen LogP contribution < -0.4 is 9.47 Å². The fourth-order valence-corrected chi connectivity index (χ4v) is 3.94. The molecule has 0 fully saturated rings. The van der Waals surface area contributed by atoms with Crippen molar-refractivity contribution in [3.05, 3.63) is 64.1 Å². The van der Waals surface area contributed by atoms with Crippen molar-refractivity contribution in [3.8, 4) is 29.0 Å². The smallest absolute Gasteiger partial charge is 0.244 e. The van der Waals surface area contributed by atoms with Crippen LogP contribution in [0.25, 0.3) is 11.3 Å². The first-order valence-corrected chi connectivity index (χ1v) is 9.06. The van der Waals surface area contributed by atoms with Gasteiger partial charge in [-0.1, -0.05) is 36.4 Å². The number of ether oxygens (including phenoxy) is 2. The zero-order chi connectivity index (χ0) is 19.0. The number of halogens is 1. The van der Waals surface area contributed by atoms with Crippen LogP contribution in [0.5, 0.6) is 11.6 Å². The number of nitrogens with one attached hydrogen (secondary N) is 2. The average Bonchev–Trinajstić information content (AvgIpc) is 3.10. The molecule has 2 unspecified atom stereocenters. The molecule has 4 rings (SSSR count). The van der Waals surface area contributed by atoms with Crippen LogP contribution in [0.15, 0.2) is 53.0 Å². The van der Waals surface area contributed by atoms with Gasteiger partial charge in [-0.3, -0.25) is 10.5 Å². The topological polar surface area (TPSA) is 94.8 Å². The molecule has 7 heteroatoms. The lowest BCUT2D eigenvalue weighted by atomic mass is 9.79. The summed E-state index contributed by atoms with van der Waals surface area (Å²) in [6, 6.07) is 17.6. The molecule has 2 atom stereocenters. The summed E-state index contributed by atoms with van der Waals surface area (Å²) >= 11 is 3.51. The maximum atomic E-state index is 9.75. The number of aromatic nitrogens is 2. The maximum absolute atomic E-state index is 9.75. The van der Waals surface area contributed by atoms with Crippen LogP contribution in [0, 0.1) is 22.7 Å². The fourth-order valence-electron chi connectivity index (χ4n) is 3.38. The summed E-state index contributed by atoms with van der Waals surface area (Å²) < 4.78 is 11.6. The largest absolute Gasteiger partial charge is 0.496 e. The number of nitrogens with zero attached hydrogens (tertiary/aromatic N) is 2. The van der Waals surface area contributed by atoms with Crippen molar-refractivity contribution >= 4 is 21.8 Å². The van der Waals surface area contributed by atoms with Gasteiger partial charge in [-0.25, -0.2) is 0 Å². The monoisotopic (exact) mass is 422 g/mol. The quantitative estimate of drug-likeness (QED) is 0.649. The Balaban J connectivity index is 1.93. The van der Waals surface area contributed by atoms with Crippen LogP contribution in [0.2, 0.25) is 0 Å². The van der Waals surface area contributed by atoms with Crippen molar-refractivity contribution in [2.24, 2.45) is 5.92 Å². The zero-order valence-corrected chi connectivity index (χ0v) is 15.9. The van der Waals surface area contributed by atoms with Crippen molar-refractivity contribution in [3.63, 3.8) is 0 Å². The Labute approximate surface area is 164 Å². The van der Waals surface area contributed by atoms with E-state index in [1.807, 2.05) is 48.5 Å². The van der Waals surface area contributed by atoms with Gasteiger partial charge in [0.05, 0.1) is 28.9 Å². The summed E-state index contributed by atoms with van der Waals surface area (Å²) in [5, 5.41) is 25.2. The number of hydrogen-bond donors (Lipinski definition) is 2. The average molecular weight is 423 g/mol. The third kappa shape index (κ3) is 2.88. The second-order valence-electron chi connectivity index (χ2n) is 6.13. The molecule has 0 saturated heterocycles. The van der Waals surface area contributed by atoms with Crippen molar-refractivity contribution in [1.82, 2.24) is 10.2 Å². The number of fused-ring (bicyclic) bond motifs is 1. The van der Waals surface area contributed by atoms with Gasteiger partial charge in [0.15, 0.2) is 0 Å². The Bertz CT molecular complexity index is 1060. The van der Waals surface area contributed by atoms with Gasteiger partial charge in [0.25, 0.3) is 0 Å². The van der Waals surface area contributed by atoms with Crippen LogP contribution in [0.4, 0.5) is 0 Å². The van der Waals surface area contributed by atoms with Gasteiger partial charge in [-0.2, -0.15) is 5.26 Å². The number of rotatable bonds is 3. The van der Waals surface area contributed by atoms with E-state index < -0.39 is 5.92 Å². The number of hydrogen-bond acceptors (Lipinski definition) is 5. The molecule has 0 spiro atoms. The van der Waals surface area contributed by atoms with Crippen LogP contribution in [0.3, 0.4) is 0 Å². The molecule has 0 aliphatic carbocycles. The summed E-state index contributed by atoms with van der Waals surface area (Å²) in [6.45, 7) is 0. The van der Waals surface area contributed by atoms with Crippen molar-refractivity contribution in [2.75, 3.05) is 7.11 Å². The van der Waals surface area contributed by atoms with Gasteiger partial charge in [-0.05, 0) is 39.2 Å². The molecular formula is C20H15BrN4O2. The molecule has 0 bridgehead atoms. The summed E-state index contributed by atoms with van der Waals surface area (Å²) in [5.74, 6) is -0.208. The minimum atomic E-state index is -0.752. The first-order chi connectivity index (χ1) is 13.1. The highest BCUT2D eigenvalue weighted by Crippen LogP contribution is 2.46. The predicted octanol–water partition coefficient (Wildman–Crippen LogP) is 4.49. The standard InChI is InChI=1S/C20H15BrN4O2/c1-26-15-8-7-12(9-14(15)21)16-13(10-22)19(23)27-20-17(16)18(24-25-20)11-5-3-2-4-6-11/h2-9,13,16,23H,1H3,(H,24,25). The van der Waals surface area contributed by atoms with Crippen LogP contribution in [0.1, 0.15) is 17.0 Å². The summed E-state index contributed by atoms with van der Waals surface area (Å²) in [7, 11) is 1.60. The number of aromatic amines is 1. The molecule has 1 aromatic heterocycles. The van der Waals surface area contributed by atoms with Gasteiger partial charge in [-0.15, -0.1) is 5.10 Å². The molecule has 0 amide bonds. The van der Waals surface area contributed by atoms with Crippen LogP contribution in [-0.2, 0) is 0 Å². The Morgan fingerprint density at radius 3 is 2.70 bits per heavy atom. The summed E-state index contributed by atoms with van der Waals surface area (Å²) in [5.41, 5.74) is 3.38. The highest BCUT2D eigenvalue weighted by atomic mass is 79.9. The normalized spacial score (nSPS) is 18.3. The van der Waals surface area contributed by atoms with E-state index in [0.717, 1.165) is 26.9 Å². The van der Waals surface area contributed by atoms with E-state index in [9.17, 15) is 5.26 Å². The van der Waals surface area contributed by atoms with E-state index in [1.54, 1.807) is 7.11 Å². The SMILES string of the molecule is COc1ccc(C2c3c(n[nH]c3-c3ccccc3)OC(=N)C2C#N)cc1Br. The third-order valence-corrected chi connectivity index (χ3v) is 5.26. The highest BCUT2D eigenvalue weighted by molar-refractivity contribution is 9.10. The lowest BCUT2D eigenvalue weighted by Gasteiger charge is -2.28. The molecular weight excluding hydrogens is 408 g/mol. The van der Waals surface area contributed by atoms with Gasteiger partial charge >= 0.3 is 0 Å². The molecule has 2 aromatic carbocycles. The van der Waals surface area contributed by atoms with E-state index in [0.29, 0.717) is 11.6 Å². The number of benzene rings is 2. The van der Waals surface area contributed by atoms with Crippen molar-refractivity contribution in [2.45, 2.75) is 5.92 Å². The minimum absolute atomic E-state index is 0.104. The van der Waals surface area contributed by atoms with Gasteiger partial charge in [0, 0.05) is 5.92 Å². The van der Waals surface area contributed by atoms with E-state index in [2.05, 4.69) is 32.2 Å². The molecule has 6 nitrogen and oxygen atoms in total. The molecule has 1 aliphatic heterocycles.